The zero-order valence-electron chi connectivity index (χ0n) is 16.4. The van der Waals surface area contributed by atoms with Crippen LogP contribution in [0.1, 0.15) is 0 Å². The molecule has 1 unspecified atom stereocenters. The van der Waals surface area contributed by atoms with E-state index in [0.29, 0.717) is 22.1 Å². The number of rotatable bonds is 7. The molecular formula is C24H20N2O4S. The van der Waals surface area contributed by atoms with E-state index in [0.717, 1.165) is 22.9 Å². The first-order chi connectivity index (χ1) is 15.0. The molecule has 0 bridgehead atoms. The summed E-state index contributed by atoms with van der Waals surface area (Å²) in [5.74, 6) is 2.71. The van der Waals surface area contributed by atoms with Crippen molar-refractivity contribution in [1.29, 1.82) is 0 Å². The van der Waals surface area contributed by atoms with Gasteiger partial charge in [-0.2, -0.15) is 0 Å². The van der Waals surface area contributed by atoms with E-state index in [1.807, 2.05) is 60.7 Å². The van der Waals surface area contributed by atoms with Gasteiger partial charge in [-0.3, -0.25) is 0 Å². The first-order valence-corrected chi connectivity index (χ1v) is 10.6. The maximum atomic E-state index is 11.0. The molecule has 4 N–H and O–H groups in total. The topological polar surface area (TPSA) is 93.8 Å². The molecule has 0 amide bonds. The van der Waals surface area contributed by atoms with Crippen LogP contribution >= 0.6 is 0 Å². The van der Waals surface area contributed by atoms with Crippen LogP contribution in [0.3, 0.4) is 0 Å². The summed E-state index contributed by atoms with van der Waals surface area (Å²) in [6, 6.07) is 28.8. The molecule has 0 aromatic heterocycles. The summed E-state index contributed by atoms with van der Waals surface area (Å²) in [6.07, 6.45) is 0. The highest BCUT2D eigenvalue weighted by Gasteiger charge is 2.03. The van der Waals surface area contributed by atoms with Gasteiger partial charge >= 0.3 is 0 Å². The van der Waals surface area contributed by atoms with Crippen molar-refractivity contribution in [3.05, 3.63) is 97.1 Å². The lowest BCUT2D eigenvalue weighted by Gasteiger charge is -2.10. The summed E-state index contributed by atoms with van der Waals surface area (Å²) in [5, 5.41) is 3.32. The van der Waals surface area contributed by atoms with Crippen LogP contribution in [0, 0.1) is 0 Å². The molecule has 0 radical (unpaired) electrons. The van der Waals surface area contributed by atoms with Crippen LogP contribution in [0.4, 0.5) is 17.1 Å². The van der Waals surface area contributed by atoms with Crippen molar-refractivity contribution in [2.75, 3.05) is 11.1 Å². The summed E-state index contributed by atoms with van der Waals surface area (Å²) >= 11 is -2.00. The fourth-order valence-electron chi connectivity index (χ4n) is 2.81. The molecule has 6 nitrogen and oxygen atoms in total. The Balaban J connectivity index is 1.35. The second kappa shape index (κ2) is 9.34. The Labute approximate surface area is 182 Å². The van der Waals surface area contributed by atoms with E-state index in [1.165, 1.54) is 0 Å². The minimum Gasteiger partial charge on any atom is -0.457 e. The Morgan fingerprint density at radius 1 is 0.613 bits per heavy atom. The molecule has 0 saturated carbocycles. The molecule has 4 rings (SSSR count). The van der Waals surface area contributed by atoms with Crippen molar-refractivity contribution in [2.45, 2.75) is 4.90 Å². The van der Waals surface area contributed by atoms with Crippen molar-refractivity contribution in [2.24, 2.45) is 0 Å². The van der Waals surface area contributed by atoms with Gasteiger partial charge in [-0.05, 0) is 97.1 Å². The number of nitrogen functional groups attached to an aromatic ring is 1. The van der Waals surface area contributed by atoms with Gasteiger partial charge in [-0.1, -0.05) is 0 Å². The Bertz CT molecular complexity index is 1160. The number of hydrogen-bond donors (Lipinski definition) is 3. The van der Waals surface area contributed by atoms with E-state index in [1.54, 1.807) is 36.4 Å². The van der Waals surface area contributed by atoms with Crippen LogP contribution in [0.5, 0.6) is 23.0 Å². The number of hydrogen-bond acceptors (Lipinski definition) is 5. The molecule has 0 spiro atoms. The fraction of sp³-hybridized carbons (Fsp3) is 0. The number of anilines is 3. The highest BCUT2D eigenvalue weighted by atomic mass is 32.2. The predicted molar refractivity (Wildman–Crippen MR) is 123 cm³/mol. The zero-order chi connectivity index (χ0) is 21.6. The van der Waals surface area contributed by atoms with Crippen LogP contribution in [0.25, 0.3) is 0 Å². The average molecular weight is 433 g/mol. The largest absolute Gasteiger partial charge is 0.457 e. The fourth-order valence-corrected chi connectivity index (χ4v) is 3.18. The molecule has 31 heavy (non-hydrogen) atoms. The Morgan fingerprint density at radius 3 is 1.35 bits per heavy atom. The van der Waals surface area contributed by atoms with E-state index >= 15 is 0 Å². The molecule has 7 heteroatoms. The molecule has 0 heterocycles. The molecule has 0 saturated heterocycles. The van der Waals surface area contributed by atoms with Gasteiger partial charge in [-0.25, -0.2) is 4.21 Å². The van der Waals surface area contributed by atoms with Crippen molar-refractivity contribution < 1.29 is 18.2 Å². The van der Waals surface area contributed by atoms with Crippen LogP contribution in [-0.2, 0) is 11.1 Å². The molecule has 0 fully saturated rings. The van der Waals surface area contributed by atoms with E-state index in [-0.39, 0.29) is 0 Å². The first kappa shape index (κ1) is 20.5. The molecule has 0 aliphatic carbocycles. The summed E-state index contributed by atoms with van der Waals surface area (Å²) < 4.78 is 31.6. The molecule has 0 aliphatic heterocycles. The zero-order valence-corrected chi connectivity index (χ0v) is 17.2. The monoisotopic (exact) mass is 432 g/mol. The lowest BCUT2D eigenvalue weighted by Crippen LogP contribution is -1.92. The lowest BCUT2D eigenvalue weighted by molar-refractivity contribution is 0.482. The number of nitrogens with one attached hydrogen (secondary N) is 1. The smallest absolute Gasteiger partial charge is 0.186 e. The van der Waals surface area contributed by atoms with Crippen molar-refractivity contribution in [3.63, 3.8) is 0 Å². The minimum atomic E-state index is -2.00. The highest BCUT2D eigenvalue weighted by molar-refractivity contribution is 7.79. The molecule has 156 valence electrons. The summed E-state index contributed by atoms with van der Waals surface area (Å²) in [5.41, 5.74) is 8.21. The average Bonchev–Trinajstić information content (AvgIpc) is 2.78. The SMILES string of the molecule is Nc1ccc(Oc2ccc(Nc3ccc(Oc4ccc(S(=O)O)cc4)cc3)cc2)cc1. The lowest BCUT2D eigenvalue weighted by atomic mass is 10.2. The molecule has 0 aliphatic rings. The maximum absolute atomic E-state index is 11.0. The van der Waals surface area contributed by atoms with Gasteiger partial charge in [0.25, 0.3) is 0 Å². The van der Waals surface area contributed by atoms with E-state index < -0.39 is 11.1 Å². The number of ether oxygens (including phenoxy) is 2. The van der Waals surface area contributed by atoms with Crippen molar-refractivity contribution >= 4 is 28.1 Å². The quantitative estimate of drug-likeness (QED) is 0.239. The molecule has 4 aromatic carbocycles. The third-order valence-electron chi connectivity index (χ3n) is 4.37. The highest BCUT2D eigenvalue weighted by Crippen LogP contribution is 2.27. The molecule has 1 atom stereocenters. The Morgan fingerprint density at radius 2 is 0.968 bits per heavy atom. The van der Waals surface area contributed by atoms with Crippen LogP contribution in [0.15, 0.2) is 102 Å². The molecule has 4 aromatic rings. The third-order valence-corrected chi connectivity index (χ3v) is 5.05. The summed E-state index contributed by atoms with van der Waals surface area (Å²) in [7, 11) is 0. The van der Waals surface area contributed by atoms with E-state index in [2.05, 4.69) is 5.32 Å². The minimum absolute atomic E-state index is 0.330. The van der Waals surface area contributed by atoms with E-state index in [9.17, 15) is 4.21 Å². The summed E-state index contributed by atoms with van der Waals surface area (Å²) in [6.45, 7) is 0. The van der Waals surface area contributed by atoms with Crippen LogP contribution < -0.4 is 20.5 Å². The third kappa shape index (κ3) is 5.63. The van der Waals surface area contributed by atoms with Gasteiger partial charge < -0.3 is 25.1 Å². The van der Waals surface area contributed by atoms with Gasteiger partial charge in [-0.15, -0.1) is 0 Å². The Hall–Kier alpha value is -3.81. The predicted octanol–water partition coefficient (Wildman–Crippen LogP) is 6.18. The van der Waals surface area contributed by atoms with Crippen LogP contribution in [0.2, 0.25) is 0 Å². The maximum Gasteiger partial charge on any atom is 0.186 e. The number of benzene rings is 4. The normalized spacial score (nSPS) is 11.5. The summed E-state index contributed by atoms with van der Waals surface area (Å²) in [4.78, 5) is 0.330. The number of nitrogens with two attached hydrogens (primary N) is 1. The molecular weight excluding hydrogens is 412 g/mol. The van der Waals surface area contributed by atoms with E-state index in [4.69, 9.17) is 19.8 Å². The first-order valence-electron chi connectivity index (χ1n) is 9.44. The Kier molecular flexibility index (Phi) is 6.16. The van der Waals surface area contributed by atoms with Gasteiger partial charge in [0.1, 0.15) is 23.0 Å². The van der Waals surface area contributed by atoms with Gasteiger partial charge in [0.15, 0.2) is 11.1 Å². The van der Waals surface area contributed by atoms with Crippen LogP contribution in [-0.4, -0.2) is 8.76 Å². The van der Waals surface area contributed by atoms with Crippen molar-refractivity contribution in [1.82, 2.24) is 0 Å². The standard InChI is InChI=1S/C24H20N2O4S/c25-17-1-7-20(8-2-17)29-21-9-3-18(4-10-21)26-19-5-11-22(12-6-19)30-23-13-15-24(16-14-23)31(27)28/h1-16,26H,25H2,(H,27,28). The van der Waals surface area contributed by atoms with Crippen molar-refractivity contribution in [3.8, 4) is 23.0 Å². The van der Waals surface area contributed by atoms with Gasteiger partial charge in [0, 0.05) is 17.1 Å². The van der Waals surface area contributed by atoms with Gasteiger partial charge in [0.2, 0.25) is 0 Å². The second-order valence-electron chi connectivity index (χ2n) is 6.67. The second-order valence-corrected chi connectivity index (χ2v) is 7.64. The van der Waals surface area contributed by atoms with Gasteiger partial charge in [0.05, 0.1) is 4.90 Å².